The molecule has 0 radical (unpaired) electrons. The Morgan fingerprint density at radius 2 is 1.95 bits per heavy atom. The number of hydrazone groups is 1. The summed E-state index contributed by atoms with van der Waals surface area (Å²) < 4.78 is 24.3. The summed E-state index contributed by atoms with van der Waals surface area (Å²) in [5.74, 6) is 0. The van der Waals surface area contributed by atoms with E-state index >= 15 is 0 Å². The first-order valence-electron chi connectivity index (χ1n) is 7.19. The van der Waals surface area contributed by atoms with E-state index in [1.165, 1.54) is 0 Å². The standard InChI is InChI=1S/C16H22N2O2S/c1-4-16(3)11-9-14(10-12-16)17-18-21(19,20)15-7-5-13(2)6-8-15/h5-9,11,18H,4,10,12H2,1-3H3/t16-/m0/s1. The molecule has 4 nitrogen and oxygen atoms in total. The quantitative estimate of drug-likeness (QED) is 0.867. The lowest BCUT2D eigenvalue weighted by Crippen LogP contribution is -2.23. The van der Waals surface area contributed by atoms with Gasteiger partial charge in [0.25, 0.3) is 10.0 Å². The summed E-state index contributed by atoms with van der Waals surface area (Å²) in [6, 6.07) is 6.72. The Morgan fingerprint density at radius 1 is 1.29 bits per heavy atom. The predicted molar refractivity (Wildman–Crippen MR) is 85.7 cm³/mol. The van der Waals surface area contributed by atoms with Crippen molar-refractivity contribution in [1.29, 1.82) is 0 Å². The zero-order chi connectivity index (χ0) is 15.5. The average molecular weight is 306 g/mol. The molecule has 1 atom stereocenters. The molecule has 1 aliphatic carbocycles. The topological polar surface area (TPSA) is 58.5 Å². The summed E-state index contributed by atoms with van der Waals surface area (Å²) in [6.45, 7) is 6.28. The van der Waals surface area contributed by atoms with E-state index in [1.807, 2.05) is 13.0 Å². The normalized spacial score (nSPS) is 24.2. The van der Waals surface area contributed by atoms with E-state index in [9.17, 15) is 8.42 Å². The van der Waals surface area contributed by atoms with Gasteiger partial charge in [-0.05, 0) is 49.8 Å². The van der Waals surface area contributed by atoms with Gasteiger partial charge >= 0.3 is 0 Å². The van der Waals surface area contributed by atoms with Crippen LogP contribution in [0.15, 0.2) is 46.4 Å². The molecule has 0 amide bonds. The van der Waals surface area contributed by atoms with Gasteiger partial charge in [-0.15, -0.1) is 0 Å². The van der Waals surface area contributed by atoms with Crippen molar-refractivity contribution in [2.24, 2.45) is 10.5 Å². The summed E-state index contributed by atoms with van der Waals surface area (Å²) in [7, 11) is -3.58. The first-order valence-corrected chi connectivity index (χ1v) is 8.67. The second kappa shape index (κ2) is 6.02. The van der Waals surface area contributed by atoms with Gasteiger partial charge in [-0.1, -0.05) is 37.6 Å². The van der Waals surface area contributed by atoms with Gasteiger partial charge in [0.1, 0.15) is 0 Å². The molecular weight excluding hydrogens is 284 g/mol. The molecule has 1 aliphatic rings. The Bertz CT molecular complexity index is 660. The van der Waals surface area contributed by atoms with Crippen LogP contribution in [0, 0.1) is 12.3 Å². The highest BCUT2D eigenvalue weighted by Gasteiger charge is 2.23. The fraction of sp³-hybridized carbons (Fsp3) is 0.438. The van der Waals surface area contributed by atoms with Gasteiger partial charge in [0, 0.05) is 0 Å². The maximum Gasteiger partial charge on any atom is 0.276 e. The summed E-state index contributed by atoms with van der Waals surface area (Å²) in [6.07, 6.45) is 6.90. The number of nitrogens with zero attached hydrogens (tertiary/aromatic N) is 1. The number of rotatable bonds is 4. The van der Waals surface area contributed by atoms with Crippen molar-refractivity contribution in [2.75, 3.05) is 0 Å². The molecule has 21 heavy (non-hydrogen) atoms. The molecule has 1 aromatic carbocycles. The summed E-state index contributed by atoms with van der Waals surface area (Å²) in [5.41, 5.74) is 2.00. The van der Waals surface area contributed by atoms with Gasteiger partial charge in [0.15, 0.2) is 0 Å². The molecule has 2 rings (SSSR count). The number of nitrogens with one attached hydrogen (secondary N) is 1. The molecule has 1 aromatic rings. The van der Waals surface area contributed by atoms with E-state index in [0.717, 1.165) is 30.5 Å². The van der Waals surface area contributed by atoms with Crippen LogP contribution in [0.3, 0.4) is 0 Å². The number of benzene rings is 1. The molecule has 1 N–H and O–H groups in total. The van der Waals surface area contributed by atoms with E-state index < -0.39 is 10.0 Å². The molecule has 0 saturated carbocycles. The van der Waals surface area contributed by atoms with Crippen LogP contribution in [-0.4, -0.2) is 14.1 Å². The van der Waals surface area contributed by atoms with Gasteiger partial charge in [-0.25, -0.2) is 0 Å². The Hall–Kier alpha value is -1.62. The Kier molecular flexibility index (Phi) is 4.52. The van der Waals surface area contributed by atoms with Crippen LogP contribution in [-0.2, 0) is 10.0 Å². The minimum absolute atomic E-state index is 0.203. The minimum atomic E-state index is -3.58. The number of hydrogen-bond acceptors (Lipinski definition) is 3. The highest BCUT2D eigenvalue weighted by Crippen LogP contribution is 2.32. The van der Waals surface area contributed by atoms with Crippen molar-refractivity contribution in [3.63, 3.8) is 0 Å². The lowest BCUT2D eigenvalue weighted by Gasteiger charge is -2.27. The highest BCUT2D eigenvalue weighted by atomic mass is 32.2. The third kappa shape index (κ3) is 3.94. The first kappa shape index (κ1) is 15.8. The van der Waals surface area contributed by atoms with Crippen LogP contribution >= 0.6 is 0 Å². The van der Waals surface area contributed by atoms with E-state index in [4.69, 9.17) is 0 Å². The van der Waals surface area contributed by atoms with Crippen molar-refractivity contribution in [3.05, 3.63) is 42.0 Å². The van der Waals surface area contributed by atoms with Gasteiger partial charge in [-0.2, -0.15) is 18.4 Å². The van der Waals surface area contributed by atoms with Crippen LogP contribution in [0.5, 0.6) is 0 Å². The third-order valence-electron chi connectivity index (χ3n) is 4.08. The molecule has 0 saturated heterocycles. The SMILES string of the molecule is CC[C@@]1(C)C=CC(=NNS(=O)(=O)c2ccc(C)cc2)CC1. The van der Waals surface area contributed by atoms with E-state index in [1.54, 1.807) is 24.3 Å². The number of sulfonamides is 1. The molecule has 0 aliphatic heterocycles. The lowest BCUT2D eigenvalue weighted by atomic mass is 9.78. The summed E-state index contributed by atoms with van der Waals surface area (Å²) >= 11 is 0. The molecule has 0 spiro atoms. The first-order chi connectivity index (χ1) is 9.85. The Morgan fingerprint density at radius 3 is 2.48 bits per heavy atom. The number of hydrogen-bond donors (Lipinski definition) is 1. The van der Waals surface area contributed by atoms with Crippen LogP contribution in [0.4, 0.5) is 0 Å². The second-order valence-electron chi connectivity index (χ2n) is 5.85. The van der Waals surface area contributed by atoms with Crippen molar-refractivity contribution in [1.82, 2.24) is 4.83 Å². The van der Waals surface area contributed by atoms with Crippen LogP contribution < -0.4 is 4.83 Å². The van der Waals surface area contributed by atoms with Gasteiger partial charge in [-0.3, -0.25) is 0 Å². The molecule has 5 heteroatoms. The third-order valence-corrected chi connectivity index (χ3v) is 5.30. The summed E-state index contributed by atoms with van der Waals surface area (Å²) in [4.78, 5) is 2.55. The lowest BCUT2D eigenvalue weighted by molar-refractivity contribution is 0.379. The zero-order valence-corrected chi connectivity index (χ0v) is 13.6. The van der Waals surface area contributed by atoms with E-state index in [0.29, 0.717) is 0 Å². The maximum atomic E-state index is 12.1. The van der Waals surface area contributed by atoms with Crippen molar-refractivity contribution < 1.29 is 8.42 Å². The van der Waals surface area contributed by atoms with Crippen LogP contribution in [0.25, 0.3) is 0 Å². The van der Waals surface area contributed by atoms with Gasteiger partial charge in [0.2, 0.25) is 0 Å². The molecule has 114 valence electrons. The van der Waals surface area contributed by atoms with Gasteiger partial charge in [0.05, 0.1) is 10.6 Å². The fourth-order valence-electron chi connectivity index (χ4n) is 2.15. The molecule has 0 heterocycles. The van der Waals surface area contributed by atoms with Crippen molar-refractivity contribution in [2.45, 2.75) is 44.9 Å². The summed E-state index contributed by atoms with van der Waals surface area (Å²) in [5, 5.41) is 4.05. The van der Waals surface area contributed by atoms with E-state index in [-0.39, 0.29) is 10.3 Å². The highest BCUT2D eigenvalue weighted by molar-refractivity contribution is 7.89. The monoisotopic (exact) mass is 306 g/mol. The molecule has 0 bridgehead atoms. The molecule has 0 fully saturated rings. The Labute approximate surface area is 127 Å². The fourth-order valence-corrected chi connectivity index (χ4v) is 2.99. The maximum absolute atomic E-state index is 12.1. The number of allylic oxidation sites excluding steroid dienone is 2. The smallest absolute Gasteiger partial charge is 0.200 e. The average Bonchev–Trinajstić information content (AvgIpc) is 2.47. The molecular formula is C16H22N2O2S. The largest absolute Gasteiger partial charge is 0.276 e. The van der Waals surface area contributed by atoms with Crippen molar-refractivity contribution in [3.8, 4) is 0 Å². The van der Waals surface area contributed by atoms with Crippen LogP contribution in [0.1, 0.15) is 38.7 Å². The predicted octanol–water partition coefficient (Wildman–Crippen LogP) is 3.40. The molecule has 0 aromatic heterocycles. The van der Waals surface area contributed by atoms with Crippen molar-refractivity contribution >= 4 is 15.7 Å². The minimum Gasteiger partial charge on any atom is -0.200 e. The Balaban J connectivity index is 2.10. The second-order valence-corrected chi connectivity index (χ2v) is 7.51. The van der Waals surface area contributed by atoms with E-state index in [2.05, 4.69) is 29.9 Å². The number of aryl methyl sites for hydroxylation is 1. The molecule has 0 unspecified atom stereocenters. The van der Waals surface area contributed by atoms with Crippen LogP contribution in [0.2, 0.25) is 0 Å². The zero-order valence-electron chi connectivity index (χ0n) is 12.8. The van der Waals surface area contributed by atoms with Gasteiger partial charge < -0.3 is 0 Å².